The van der Waals surface area contributed by atoms with Gasteiger partial charge in [0.2, 0.25) is 0 Å². The van der Waals surface area contributed by atoms with Gasteiger partial charge in [0.25, 0.3) is 0 Å². The van der Waals surface area contributed by atoms with E-state index in [9.17, 15) is 87.6 Å². The summed E-state index contributed by atoms with van der Waals surface area (Å²) in [6.07, 6.45) is -5.17. The minimum absolute atomic E-state index is 0.407. The number of hydrogen-bond acceptors (Lipinski definition) is 5. The summed E-state index contributed by atoms with van der Waals surface area (Å²) in [6, 6.07) is 6.18. The molecule has 0 spiro atoms. The average molecular weight is 724 g/mol. The summed E-state index contributed by atoms with van der Waals surface area (Å²) in [4.78, 5) is 1.37. The molecular weight excluding hydrogens is 707 g/mol. The summed E-state index contributed by atoms with van der Waals surface area (Å²) < 4.78 is 255. The number of alkyl halides is 17. The molecule has 44 heavy (non-hydrogen) atoms. The van der Waals surface area contributed by atoms with Gasteiger partial charge in [0.05, 0.1) is 14.2 Å². The number of hydrogen-bond donors (Lipinski definition) is 0. The van der Waals surface area contributed by atoms with Crippen molar-refractivity contribution in [2.75, 3.05) is 25.7 Å². The van der Waals surface area contributed by atoms with Gasteiger partial charge in [-0.05, 0) is 18.9 Å². The first-order valence-corrected chi connectivity index (χ1v) is 13.9. The summed E-state index contributed by atoms with van der Waals surface area (Å²) in [7, 11) is -4.32. The lowest BCUT2D eigenvalue weighted by Gasteiger charge is -2.42. The molecule has 0 unspecified atom stereocenters. The zero-order valence-corrected chi connectivity index (χ0v) is 23.0. The van der Waals surface area contributed by atoms with E-state index in [4.69, 9.17) is 9.47 Å². The molecule has 2 rings (SSSR count). The monoisotopic (exact) mass is 724 g/mol. The standard InChI is InChI=1S/C12H17O2S.C8HF17O3S/c1-13-10-5-6-12(11(9-10)14-2)15-7-3-4-8-15;9-1(10,3(13,14)5(17,18)7(21,22)23)2(11,12)4(15,16)6(19,20)8(24,25)29(26,27)28/h5-6,9H,3-4,7-8H2,1-2H3;(H,26,27,28)/q+1;/p-1. The molecule has 258 valence electrons. The van der Waals surface area contributed by atoms with Crippen molar-refractivity contribution in [3.63, 3.8) is 0 Å². The van der Waals surface area contributed by atoms with Crippen molar-refractivity contribution < 1.29 is 97.1 Å². The van der Waals surface area contributed by atoms with Crippen LogP contribution in [0.2, 0.25) is 0 Å². The summed E-state index contributed by atoms with van der Waals surface area (Å²) in [5, 5.41) is -7.95. The van der Waals surface area contributed by atoms with E-state index in [1.54, 1.807) is 14.2 Å². The van der Waals surface area contributed by atoms with E-state index in [1.807, 2.05) is 12.1 Å². The van der Waals surface area contributed by atoms with Crippen LogP contribution in [0.5, 0.6) is 11.5 Å². The zero-order chi connectivity index (χ0) is 35.2. The highest BCUT2D eigenvalue weighted by Crippen LogP contribution is 2.64. The van der Waals surface area contributed by atoms with Crippen molar-refractivity contribution in [2.24, 2.45) is 0 Å². The third-order valence-corrected chi connectivity index (χ3v) is 9.13. The lowest BCUT2D eigenvalue weighted by atomic mass is 9.91. The fourth-order valence-electron chi connectivity index (χ4n) is 3.19. The van der Waals surface area contributed by atoms with E-state index < -0.39 is 57.1 Å². The molecule has 1 fully saturated rings. The molecule has 0 aromatic heterocycles. The first-order valence-electron chi connectivity index (χ1n) is 10.9. The quantitative estimate of drug-likeness (QED) is 0.148. The summed E-state index contributed by atoms with van der Waals surface area (Å²) in [5.41, 5.74) is 0. The maximum Gasteiger partial charge on any atom is 0.460 e. The van der Waals surface area contributed by atoms with Gasteiger partial charge in [-0.3, -0.25) is 0 Å². The third-order valence-electron chi connectivity index (χ3n) is 5.72. The van der Waals surface area contributed by atoms with Crippen molar-refractivity contribution in [3.8, 4) is 11.5 Å². The Bertz CT molecular complexity index is 1260. The lowest BCUT2D eigenvalue weighted by Crippen LogP contribution is -2.75. The topological polar surface area (TPSA) is 75.7 Å². The van der Waals surface area contributed by atoms with Crippen molar-refractivity contribution in [1.82, 2.24) is 0 Å². The predicted molar refractivity (Wildman–Crippen MR) is 115 cm³/mol. The van der Waals surface area contributed by atoms with E-state index in [0.717, 1.165) is 11.5 Å². The van der Waals surface area contributed by atoms with Crippen LogP contribution in [-0.2, 0) is 21.0 Å². The first kappa shape index (κ1) is 39.9. The minimum atomic E-state index is -8.92. The molecule has 1 heterocycles. The maximum absolute atomic E-state index is 13.0. The molecule has 0 radical (unpaired) electrons. The Morgan fingerprint density at radius 2 is 1.02 bits per heavy atom. The van der Waals surface area contributed by atoms with Gasteiger partial charge < -0.3 is 14.0 Å². The van der Waals surface area contributed by atoms with Crippen LogP contribution in [0, 0.1) is 0 Å². The molecule has 1 saturated heterocycles. The molecular formula is C20H17F17O5S2. The molecule has 0 atom stereocenters. The van der Waals surface area contributed by atoms with E-state index in [2.05, 4.69) is 6.07 Å². The Balaban J connectivity index is 0.000000532. The average Bonchev–Trinajstić information content (AvgIpc) is 3.41. The molecule has 1 aromatic carbocycles. The summed E-state index contributed by atoms with van der Waals surface area (Å²) in [6.45, 7) is 0. The molecule has 0 aliphatic carbocycles. The first-order chi connectivity index (χ1) is 19.3. The second kappa shape index (κ2) is 12.2. The largest absolute Gasteiger partial charge is 0.743 e. The van der Waals surface area contributed by atoms with Gasteiger partial charge in [0, 0.05) is 23.0 Å². The highest BCUT2D eigenvalue weighted by molar-refractivity contribution is 7.97. The fraction of sp³-hybridized carbons (Fsp3) is 0.700. The van der Waals surface area contributed by atoms with Crippen molar-refractivity contribution in [1.29, 1.82) is 0 Å². The summed E-state index contributed by atoms with van der Waals surface area (Å²) >= 11 is 0. The smallest absolute Gasteiger partial charge is 0.460 e. The number of benzene rings is 1. The molecule has 1 aliphatic rings. The van der Waals surface area contributed by atoms with Gasteiger partial charge in [0.15, 0.2) is 20.8 Å². The van der Waals surface area contributed by atoms with E-state index in [1.165, 1.54) is 29.2 Å². The Hall–Kier alpha value is -2.11. The predicted octanol–water partition coefficient (Wildman–Crippen LogP) is 6.97. The summed E-state index contributed by atoms with van der Waals surface area (Å²) in [5.74, 6) is -47.6. The van der Waals surface area contributed by atoms with Crippen molar-refractivity contribution in [3.05, 3.63) is 18.2 Å². The zero-order valence-electron chi connectivity index (χ0n) is 21.3. The van der Waals surface area contributed by atoms with E-state index in [-0.39, 0.29) is 0 Å². The van der Waals surface area contributed by atoms with Crippen LogP contribution in [0.4, 0.5) is 74.6 Å². The van der Waals surface area contributed by atoms with Gasteiger partial charge in [0.1, 0.15) is 17.3 Å². The van der Waals surface area contributed by atoms with E-state index >= 15 is 0 Å². The van der Waals surface area contributed by atoms with Crippen molar-refractivity contribution >= 4 is 21.0 Å². The van der Waals surface area contributed by atoms with Gasteiger partial charge in [-0.25, -0.2) is 8.42 Å². The number of methoxy groups -OCH3 is 2. The van der Waals surface area contributed by atoms with Gasteiger partial charge in [-0.1, -0.05) is 0 Å². The van der Waals surface area contributed by atoms with Gasteiger partial charge in [-0.2, -0.15) is 74.6 Å². The molecule has 0 bridgehead atoms. The second-order valence-corrected chi connectivity index (χ2v) is 12.2. The van der Waals surface area contributed by atoms with Crippen LogP contribution in [-0.4, -0.2) is 85.7 Å². The normalized spacial score (nSPS) is 16.8. The van der Waals surface area contributed by atoms with Gasteiger partial charge >= 0.3 is 47.0 Å². The van der Waals surface area contributed by atoms with Crippen molar-refractivity contribution in [2.45, 2.75) is 64.7 Å². The van der Waals surface area contributed by atoms with Crippen LogP contribution < -0.4 is 9.47 Å². The molecule has 24 heteroatoms. The SMILES string of the molecule is COc1ccc([S+]2CCCC2)c(OC)c1.O=S(=O)([O-])C(F)(F)C(F)(F)C(F)(F)C(F)(F)C(F)(F)C(F)(F)C(F)(F)C(F)(F)F. The molecule has 1 aliphatic heterocycles. The molecule has 0 saturated carbocycles. The maximum atomic E-state index is 13.0. The van der Waals surface area contributed by atoms with Crippen LogP contribution in [0.3, 0.4) is 0 Å². The Morgan fingerprint density at radius 1 is 0.636 bits per heavy atom. The second-order valence-electron chi connectivity index (χ2n) is 8.54. The highest BCUT2D eigenvalue weighted by atomic mass is 32.2. The molecule has 5 nitrogen and oxygen atoms in total. The van der Waals surface area contributed by atoms with Crippen LogP contribution >= 0.6 is 0 Å². The van der Waals surface area contributed by atoms with Crippen LogP contribution in [0.25, 0.3) is 0 Å². The minimum Gasteiger partial charge on any atom is -0.743 e. The Labute approximate surface area is 238 Å². The number of halogens is 17. The molecule has 0 amide bonds. The lowest BCUT2D eigenvalue weighted by molar-refractivity contribution is -0.458. The third kappa shape index (κ3) is 6.30. The highest BCUT2D eigenvalue weighted by Gasteiger charge is 2.95. The fourth-order valence-corrected chi connectivity index (χ4v) is 6.07. The Morgan fingerprint density at radius 3 is 1.36 bits per heavy atom. The Kier molecular flexibility index (Phi) is 11.1. The molecule has 1 aromatic rings. The molecule has 0 N–H and O–H groups in total. The number of rotatable bonds is 10. The van der Waals surface area contributed by atoms with Crippen LogP contribution in [0.15, 0.2) is 23.1 Å². The van der Waals surface area contributed by atoms with Crippen LogP contribution in [0.1, 0.15) is 12.8 Å². The number of ether oxygens (including phenoxy) is 2. The van der Waals surface area contributed by atoms with Gasteiger partial charge in [-0.15, -0.1) is 0 Å². The van der Waals surface area contributed by atoms with E-state index in [0.29, 0.717) is 10.9 Å².